The van der Waals surface area contributed by atoms with Crippen molar-refractivity contribution in [1.29, 1.82) is 0 Å². The minimum absolute atomic E-state index is 0.172. The molecule has 0 aromatic heterocycles. The average Bonchev–Trinajstić information content (AvgIpc) is 3.23. The van der Waals surface area contributed by atoms with Crippen LogP contribution < -0.4 is 0 Å². The molecule has 2 heteroatoms. The minimum atomic E-state index is -0.172. The van der Waals surface area contributed by atoms with E-state index < -0.39 is 0 Å². The van der Waals surface area contributed by atoms with Crippen molar-refractivity contribution in [3.63, 3.8) is 0 Å². The predicted molar refractivity (Wildman–Crippen MR) is 85.2 cm³/mol. The molecule has 20 heavy (non-hydrogen) atoms. The molecule has 0 radical (unpaired) electrons. The molecule has 2 aromatic carbocycles. The van der Waals surface area contributed by atoms with Gasteiger partial charge < -0.3 is 0 Å². The summed E-state index contributed by atoms with van der Waals surface area (Å²) in [6.07, 6.45) is 6.51. The van der Waals surface area contributed by atoms with E-state index >= 15 is 0 Å². The van der Waals surface area contributed by atoms with Gasteiger partial charge in [-0.15, -0.1) is 0 Å². The van der Waals surface area contributed by atoms with Crippen molar-refractivity contribution in [3.05, 3.63) is 58.3 Å². The average molecular weight is 333 g/mol. The maximum Gasteiger partial charge on any atom is 0.132 e. The maximum absolute atomic E-state index is 14.0. The highest BCUT2D eigenvalue weighted by molar-refractivity contribution is 9.10. The highest BCUT2D eigenvalue weighted by atomic mass is 79.9. The van der Waals surface area contributed by atoms with Gasteiger partial charge in [-0.1, -0.05) is 65.5 Å². The third-order valence-electron chi connectivity index (χ3n) is 3.95. The van der Waals surface area contributed by atoms with Crippen LogP contribution in [0.15, 0.2) is 46.9 Å². The van der Waals surface area contributed by atoms with Crippen LogP contribution in [0.2, 0.25) is 0 Å². The fraction of sp³-hybridized carbons (Fsp3) is 0.333. The van der Waals surface area contributed by atoms with Gasteiger partial charge in [0.15, 0.2) is 0 Å². The monoisotopic (exact) mass is 332 g/mol. The van der Waals surface area contributed by atoms with E-state index in [4.69, 9.17) is 0 Å². The molecule has 0 N–H and O–H groups in total. The molecular formula is C18H18BrF. The van der Waals surface area contributed by atoms with E-state index in [0.29, 0.717) is 5.56 Å². The molecule has 2 aromatic rings. The zero-order chi connectivity index (χ0) is 13.9. The summed E-state index contributed by atoms with van der Waals surface area (Å²) in [4.78, 5) is 0. The summed E-state index contributed by atoms with van der Waals surface area (Å²) in [5.41, 5.74) is 2.92. The first-order chi connectivity index (χ1) is 9.74. The van der Waals surface area contributed by atoms with Crippen LogP contribution in [0.1, 0.15) is 31.2 Å². The quantitative estimate of drug-likeness (QED) is 0.631. The van der Waals surface area contributed by atoms with E-state index in [1.54, 1.807) is 6.07 Å². The van der Waals surface area contributed by atoms with Gasteiger partial charge in [-0.2, -0.15) is 0 Å². The van der Waals surface area contributed by atoms with Crippen molar-refractivity contribution in [2.75, 3.05) is 0 Å². The highest BCUT2D eigenvalue weighted by Crippen LogP contribution is 2.34. The number of aryl methyl sites for hydroxylation is 1. The fourth-order valence-electron chi connectivity index (χ4n) is 2.66. The first-order valence-electron chi connectivity index (χ1n) is 7.27. The number of hydrogen-bond acceptors (Lipinski definition) is 0. The molecule has 0 amide bonds. The SMILES string of the molecule is Fc1cccc(Br)c1-c1cccc(CCCC2CC2)c1. The molecule has 0 aliphatic heterocycles. The molecule has 0 atom stereocenters. The van der Waals surface area contributed by atoms with E-state index in [1.165, 1.54) is 37.3 Å². The maximum atomic E-state index is 14.0. The third-order valence-corrected chi connectivity index (χ3v) is 4.61. The van der Waals surface area contributed by atoms with E-state index in [-0.39, 0.29) is 5.82 Å². The Morgan fingerprint density at radius 3 is 2.65 bits per heavy atom. The third kappa shape index (κ3) is 3.29. The molecule has 3 rings (SSSR count). The van der Waals surface area contributed by atoms with Gasteiger partial charge in [0.1, 0.15) is 5.82 Å². The van der Waals surface area contributed by atoms with Gasteiger partial charge >= 0.3 is 0 Å². The first-order valence-corrected chi connectivity index (χ1v) is 8.06. The molecule has 0 nitrogen and oxygen atoms in total. The van der Waals surface area contributed by atoms with Crippen LogP contribution in [0, 0.1) is 11.7 Å². The molecule has 0 saturated heterocycles. The first kappa shape index (κ1) is 13.8. The molecule has 1 aliphatic carbocycles. The fourth-order valence-corrected chi connectivity index (χ4v) is 3.23. The van der Waals surface area contributed by atoms with Crippen LogP contribution in [0.25, 0.3) is 11.1 Å². The number of rotatable bonds is 5. The van der Waals surface area contributed by atoms with Gasteiger partial charge in [0, 0.05) is 10.0 Å². The Kier molecular flexibility index (Phi) is 4.21. The summed E-state index contributed by atoms with van der Waals surface area (Å²) >= 11 is 3.45. The second-order valence-electron chi connectivity index (χ2n) is 5.63. The Morgan fingerprint density at radius 1 is 1.10 bits per heavy atom. The topological polar surface area (TPSA) is 0 Å². The Bertz CT molecular complexity index is 582. The summed E-state index contributed by atoms with van der Waals surface area (Å²) in [7, 11) is 0. The lowest BCUT2D eigenvalue weighted by atomic mass is 9.99. The molecule has 1 saturated carbocycles. The Hall–Kier alpha value is -1.15. The zero-order valence-electron chi connectivity index (χ0n) is 11.4. The van der Waals surface area contributed by atoms with Crippen LogP contribution >= 0.6 is 15.9 Å². The molecule has 0 heterocycles. The summed E-state index contributed by atoms with van der Waals surface area (Å²) in [5, 5.41) is 0. The van der Waals surface area contributed by atoms with Crippen LogP contribution in [0.4, 0.5) is 4.39 Å². The summed E-state index contributed by atoms with van der Waals surface area (Å²) in [6.45, 7) is 0. The van der Waals surface area contributed by atoms with E-state index in [9.17, 15) is 4.39 Å². The number of benzene rings is 2. The second kappa shape index (κ2) is 6.09. The lowest BCUT2D eigenvalue weighted by Crippen LogP contribution is -1.90. The Labute approximate surface area is 128 Å². The number of hydrogen-bond donors (Lipinski definition) is 0. The Morgan fingerprint density at radius 2 is 1.90 bits per heavy atom. The van der Waals surface area contributed by atoms with Crippen molar-refractivity contribution >= 4 is 15.9 Å². The van der Waals surface area contributed by atoms with E-state index in [1.807, 2.05) is 18.2 Å². The van der Waals surface area contributed by atoms with Gasteiger partial charge in [0.2, 0.25) is 0 Å². The van der Waals surface area contributed by atoms with Crippen LogP contribution in [0.5, 0.6) is 0 Å². The molecule has 104 valence electrons. The smallest absolute Gasteiger partial charge is 0.132 e. The van der Waals surface area contributed by atoms with Crippen LogP contribution in [-0.2, 0) is 6.42 Å². The standard InChI is InChI=1S/C18H18BrF/c19-16-8-3-9-17(20)18(16)15-7-2-6-14(12-15)5-1-4-13-10-11-13/h2-3,6-9,12-13H,1,4-5,10-11H2. The summed E-state index contributed by atoms with van der Waals surface area (Å²) in [5.74, 6) is 0.813. The lowest BCUT2D eigenvalue weighted by Gasteiger charge is -2.08. The molecule has 0 bridgehead atoms. The Balaban J connectivity index is 1.79. The lowest BCUT2D eigenvalue weighted by molar-refractivity contribution is 0.630. The van der Waals surface area contributed by atoms with E-state index in [2.05, 4.69) is 28.1 Å². The molecule has 1 aliphatic rings. The van der Waals surface area contributed by atoms with Crippen molar-refractivity contribution in [1.82, 2.24) is 0 Å². The van der Waals surface area contributed by atoms with Crippen molar-refractivity contribution in [2.24, 2.45) is 5.92 Å². The van der Waals surface area contributed by atoms with Crippen LogP contribution in [-0.4, -0.2) is 0 Å². The van der Waals surface area contributed by atoms with Gasteiger partial charge in [-0.3, -0.25) is 0 Å². The van der Waals surface area contributed by atoms with Gasteiger partial charge in [0.05, 0.1) is 0 Å². The predicted octanol–water partition coefficient (Wildman–Crippen LogP) is 5.99. The molecule has 1 fully saturated rings. The molecule has 0 spiro atoms. The summed E-state index contributed by atoms with van der Waals surface area (Å²) < 4.78 is 14.8. The van der Waals surface area contributed by atoms with Gasteiger partial charge in [-0.05, 0) is 42.0 Å². The van der Waals surface area contributed by atoms with Gasteiger partial charge in [-0.25, -0.2) is 4.39 Å². The van der Waals surface area contributed by atoms with E-state index in [0.717, 1.165) is 22.4 Å². The molecular weight excluding hydrogens is 315 g/mol. The van der Waals surface area contributed by atoms with Crippen molar-refractivity contribution < 1.29 is 4.39 Å². The van der Waals surface area contributed by atoms with Gasteiger partial charge in [0.25, 0.3) is 0 Å². The van der Waals surface area contributed by atoms with Crippen molar-refractivity contribution in [3.8, 4) is 11.1 Å². The largest absolute Gasteiger partial charge is 0.206 e. The molecule has 0 unspecified atom stereocenters. The highest BCUT2D eigenvalue weighted by Gasteiger charge is 2.20. The normalized spacial score (nSPS) is 14.5. The second-order valence-corrected chi connectivity index (χ2v) is 6.49. The van der Waals surface area contributed by atoms with Crippen molar-refractivity contribution in [2.45, 2.75) is 32.1 Å². The van der Waals surface area contributed by atoms with Crippen LogP contribution in [0.3, 0.4) is 0 Å². The minimum Gasteiger partial charge on any atom is -0.206 e. The number of halogens is 2. The zero-order valence-corrected chi connectivity index (χ0v) is 13.0. The summed E-state index contributed by atoms with van der Waals surface area (Å²) in [6, 6.07) is 13.4.